The average molecular weight is 407 g/mol. The Balaban J connectivity index is 1.56. The zero-order valence-electron chi connectivity index (χ0n) is 16.6. The molecule has 0 saturated carbocycles. The number of benzene rings is 1. The van der Waals surface area contributed by atoms with Crippen molar-refractivity contribution in [3.05, 3.63) is 63.9 Å². The Morgan fingerprint density at radius 2 is 2.00 bits per heavy atom. The second kappa shape index (κ2) is 7.63. The van der Waals surface area contributed by atoms with Crippen LogP contribution in [0, 0.1) is 13.8 Å². The fourth-order valence-corrected chi connectivity index (χ4v) is 3.86. The molecule has 7 nitrogen and oxygen atoms in total. The van der Waals surface area contributed by atoms with E-state index in [1.165, 1.54) is 0 Å². The summed E-state index contributed by atoms with van der Waals surface area (Å²) < 4.78 is 6.81. The molecule has 0 fully saturated rings. The summed E-state index contributed by atoms with van der Waals surface area (Å²) in [6.07, 6.45) is 1.63. The van der Waals surface area contributed by atoms with Crippen molar-refractivity contribution < 1.29 is 9.53 Å². The van der Waals surface area contributed by atoms with Crippen LogP contribution in [0.4, 0.5) is 0 Å². The van der Waals surface area contributed by atoms with Crippen molar-refractivity contribution in [1.82, 2.24) is 24.9 Å². The highest BCUT2D eigenvalue weighted by atomic mass is 32.1. The third kappa shape index (κ3) is 3.71. The fourth-order valence-electron chi connectivity index (χ4n) is 2.99. The van der Waals surface area contributed by atoms with Gasteiger partial charge in [0, 0.05) is 21.9 Å². The van der Waals surface area contributed by atoms with Crippen molar-refractivity contribution in [2.75, 3.05) is 7.11 Å². The number of ether oxygens (including phenoxy) is 1. The monoisotopic (exact) mass is 407 g/mol. The van der Waals surface area contributed by atoms with E-state index in [0.29, 0.717) is 17.0 Å². The van der Waals surface area contributed by atoms with Crippen LogP contribution in [0.1, 0.15) is 39.6 Å². The first-order valence-electron chi connectivity index (χ1n) is 9.18. The van der Waals surface area contributed by atoms with Crippen molar-refractivity contribution >= 4 is 22.9 Å². The lowest BCUT2D eigenvalue weighted by molar-refractivity contribution is 0.0938. The number of nitrogens with zero attached hydrogens (tertiary/aromatic N) is 4. The predicted octanol–water partition coefficient (Wildman–Crippen LogP) is 3.97. The predicted molar refractivity (Wildman–Crippen MR) is 112 cm³/mol. The second-order valence-electron chi connectivity index (χ2n) is 6.80. The van der Waals surface area contributed by atoms with Crippen LogP contribution in [-0.2, 0) is 0 Å². The number of hydrogen-bond donors (Lipinski definition) is 1. The standard InChI is InChI=1S/C21H21N5O2S/c1-12-14(3)29-10-17(12)21(27)23-13(2)20-24-19-9-18(22-11-26(19)25-20)15-5-7-16(28-4)8-6-15/h5-11,13H,1-4H3,(H,23,27)/t13-/m0/s1. The number of fused-ring (bicyclic) bond motifs is 1. The molecular formula is C21H21N5O2S. The van der Waals surface area contributed by atoms with Gasteiger partial charge in [0.25, 0.3) is 5.91 Å². The van der Waals surface area contributed by atoms with E-state index < -0.39 is 0 Å². The van der Waals surface area contributed by atoms with Crippen LogP contribution in [-0.4, -0.2) is 32.6 Å². The Hall–Kier alpha value is -3.26. The summed E-state index contributed by atoms with van der Waals surface area (Å²) in [7, 11) is 1.64. The van der Waals surface area contributed by atoms with Gasteiger partial charge in [0.1, 0.15) is 12.1 Å². The molecule has 1 aromatic carbocycles. The minimum atomic E-state index is -0.327. The summed E-state index contributed by atoms with van der Waals surface area (Å²) in [4.78, 5) is 22.8. The third-order valence-electron chi connectivity index (χ3n) is 4.90. The number of amides is 1. The van der Waals surface area contributed by atoms with Gasteiger partial charge in [0.05, 0.1) is 24.4 Å². The number of nitrogens with one attached hydrogen (secondary N) is 1. The van der Waals surface area contributed by atoms with Gasteiger partial charge >= 0.3 is 0 Å². The molecule has 0 aliphatic heterocycles. The normalized spacial score (nSPS) is 12.1. The largest absolute Gasteiger partial charge is 0.497 e. The van der Waals surface area contributed by atoms with Crippen LogP contribution in [0.2, 0.25) is 0 Å². The fraction of sp³-hybridized carbons (Fsp3) is 0.238. The third-order valence-corrected chi connectivity index (χ3v) is 5.91. The van der Waals surface area contributed by atoms with Crippen molar-refractivity contribution in [1.29, 1.82) is 0 Å². The molecule has 1 amide bonds. The van der Waals surface area contributed by atoms with Crippen molar-refractivity contribution in [2.24, 2.45) is 0 Å². The highest BCUT2D eigenvalue weighted by Crippen LogP contribution is 2.23. The van der Waals surface area contributed by atoms with Gasteiger partial charge in [-0.05, 0) is 50.6 Å². The maximum atomic E-state index is 12.6. The van der Waals surface area contributed by atoms with E-state index in [0.717, 1.165) is 27.4 Å². The van der Waals surface area contributed by atoms with E-state index in [1.54, 1.807) is 29.3 Å². The molecule has 0 radical (unpaired) electrons. The van der Waals surface area contributed by atoms with Gasteiger partial charge < -0.3 is 10.1 Å². The van der Waals surface area contributed by atoms with E-state index in [4.69, 9.17) is 4.74 Å². The second-order valence-corrected chi connectivity index (χ2v) is 7.88. The molecule has 0 saturated heterocycles. The molecule has 1 N–H and O–H groups in total. The van der Waals surface area contributed by atoms with Gasteiger partial charge in [-0.2, -0.15) is 0 Å². The number of carbonyl (C=O) groups excluding carboxylic acids is 1. The van der Waals surface area contributed by atoms with Gasteiger partial charge in [-0.3, -0.25) is 4.79 Å². The zero-order valence-corrected chi connectivity index (χ0v) is 17.4. The first-order chi connectivity index (χ1) is 14.0. The molecule has 29 heavy (non-hydrogen) atoms. The lowest BCUT2D eigenvalue weighted by Crippen LogP contribution is -2.27. The topological polar surface area (TPSA) is 81.4 Å². The first-order valence-corrected chi connectivity index (χ1v) is 10.1. The number of aromatic nitrogens is 4. The Labute approximate surface area is 172 Å². The Morgan fingerprint density at radius 3 is 2.66 bits per heavy atom. The number of methoxy groups -OCH3 is 1. The van der Waals surface area contributed by atoms with E-state index in [1.807, 2.05) is 56.5 Å². The van der Waals surface area contributed by atoms with E-state index in [9.17, 15) is 4.79 Å². The van der Waals surface area contributed by atoms with Crippen molar-refractivity contribution in [2.45, 2.75) is 26.8 Å². The smallest absolute Gasteiger partial charge is 0.252 e. The molecule has 4 rings (SSSR count). The molecule has 8 heteroatoms. The number of carbonyl (C=O) groups is 1. The van der Waals surface area contributed by atoms with Gasteiger partial charge in [0.15, 0.2) is 11.5 Å². The number of rotatable bonds is 5. The van der Waals surface area contributed by atoms with Gasteiger partial charge in [-0.25, -0.2) is 14.5 Å². The molecule has 1 atom stereocenters. The summed E-state index contributed by atoms with van der Waals surface area (Å²) in [6, 6.07) is 9.22. The van der Waals surface area contributed by atoms with Crippen LogP contribution in [0.5, 0.6) is 5.75 Å². The van der Waals surface area contributed by atoms with Crippen molar-refractivity contribution in [3.8, 4) is 17.0 Å². The molecule has 0 unspecified atom stereocenters. The average Bonchev–Trinajstić information content (AvgIpc) is 3.31. The molecule has 3 aromatic heterocycles. The zero-order chi connectivity index (χ0) is 20.5. The summed E-state index contributed by atoms with van der Waals surface area (Å²) >= 11 is 1.58. The number of aryl methyl sites for hydroxylation is 1. The van der Waals surface area contributed by atoms with Gasteiger partial charge in [-0.1, -0.05) is 0 Å². The molecular weight excluding hydrogens is 386 g/mol. The first kappa shape index (κ1) is 19.1. The van der Waals surface area contributed by atoms with Crippen molar-refractivity contribution in [3.63, 3.8) is 0 Å². The molecule has 0 aliphatic rings. The maximum absolute atomic E-state index is 12.6. The summed E-state index contributed by atoms with van der Waals surface area (Å²) in [5.74, 6) is 1.21. The summed E-state index contributed by atoms with van der Waals surface area (Å²) in [5, 5.41) is 9.33. The quantitative estimate of drug-likeness (QED) is 0.541. The highest BCUT2D eigenvalue weighted by molar-refractivity contribution is 7.10. The lowest BCUT2D eigenvalue weighted by Gasteiger charge is -2.10. The molecule has 0 bridgehead atoms. The molecule has 4 aromatic rings. The van der Waals surface area contributed by atoms with Crippen LogP contribution >= 0.6 is 11.3 Å². The highest BCUT2D eigenvalue weighted by Gasteiger charge is 2.19. The summed E-state index contributed by atoms with van der Waals surface area (Å²) in [5.41, 5.74) is 4.13. The Kier molecular flexibility index (Phi) is 5.02. The van der Waals surface area contributed by atoms with Crippen LogP contribution in [0.25, 0.3) is 16.9 Å². The Morgan fingerprint density at radius 1 is 1.24 bits per heavy atom. The summed E-state index contributed by atoms with van der Waals surface area (Å²) in [6.45, 7) is 5.84. The SMILES string of the molecule is COc1ccc(-c2cc3nc([C@H](C)NC(=O)c4csc(C)c4C)nn3cn2)cc1. The van der Waals surface area contributed by atoms with Gasteiger partial charge in [-0.15, -0.1) is 16.4 Å². The number of thiophene rings is 1. The van der Waals surface area contributed by atoms with Crippen LogP contribution in [0.15, 0.2) is 42.0 Å². The van der Waals surface area contributed by atoms with E-state index in [-0.39, 0.29) is 11.9 Å². The Bertz CT molecular complexity index is 1180. The van der Waals surface area contributed by atoms with Gasteiger partial charge in [0.2, 0.25) is 0 Å². The number of hydrogen-bond acceptors (Lipinski definition) is 6. The van der Waals surface area contributed by atoms with Crippen LogP contribution in [0.3, 0.4) is 0 Å². The minimum absolute atomic E-state index is 0.116. The van der Waals surface area contributed by atoms with E-state index >= 15 is 0 Å². The maximum Gasteiger partial charge on any atom is 0.252 e. The minimum Gasteiger partial charge on any atom is -0.497 e. The lowest BCUT2D eigenvalue weighted by atomic mass is 10.1. The van der Waals surface area contributed by atoms with E-state index in [2.05, 4.69) is 20.4 Å². The van der Waals surface area contributed by atoms with Crippen LogP contribution < -0.4 is 10.1 Å². The molecule has 3 heterocycles. The molecule has 0 spiro atoms. The molecule has 148 valence electrons. The molecule has 0 aliphatic carbocycles.